The number of thioether (sulfide) groups is 1. The molecule has 1 amide bonds. The number of aromatic nitrogens is 3. The molecule has 0 radical (unpaired) electrons. The Morgan fingerprint density at radius 2 is 1.74 bits per heavy atom. The molecule has 13 heteroatoms. The quantitative estimate of drug-likeness (QED) is 0.0648. The second-order valence-electron chi connectivity index (χ2n) is 8.02. The lowest BCUT2D eigenvalue weighted by molar-refractivity contribution is -0.384. The lowest BCUT2D eigenvalue weighted by atomic mass is 9.95. The Morgan fingerprint density at radius 1 is 1.05 bits per heavy atom. The largest absolute Gasteiger partial charge is 0.507 e. The number of rotatable bonds is 7. The number of aliphatic hydroxyl groups is 1. The van der Waals surface area contributed by atoms with Crippen molar-refractivity contribution in [3.8, 4) is 0 Å². The van der Waals surface area contributed by atoms with Gasteiger partial charge < -0.3 is 5.11 Å². The molecule has 1 aliphatic heterocycles. The molecule has 2 aromatic heterocycles. The number of hydrogen-bond acceptors (Lipinski definition) is 10. The molecule has 1 N–H and O–H groups in total. The monoisotopic (exact) mass is 549 g/mol. The summed E-state index contributed by atoms with van der Waals surface area (Å²) in [6, 6.07) is 13.2. The van der Waals surface area contributed by atoms with Crippen LogP contribution in [0.15, 0.2) is 83.0 Å². The van der Waals surface area contributed by atoms with Crippen molar-refractivity contribution < 1.29 is 24.0 Å². The fraction of sp³-hybridized carbons (Fsp3) is 0.0800. The summed E-state index contributed by atoms with van der Waals surface area (Å²) in [5.74, 6) is -2.13. The van der Waals surface area contributed by atoms with E-state index in [0.29, 0.717) is 15.7 Å². The minimum absolute atomic E-state index is 0.117. The number of nitrogens with zero attached hydrogens (tertiary/aromatic N) is 5. The molecule has 190 valence electrons. The van der Waals surface area contributed by atoms with Gasteiger partial charge in [0.2, 0.25) is 5.13 Å². The number of anilines is 1. The van der Waals surface area contributed by atoms with Gasteiger partial charge in [-0.1, -0.05) is 35.2 Å². The maximum Gasteiger partial charge on any atom is 0.301 e. The molecule has 0 aliphatic carbocycles. The van der Waals surface area contributed by atoms with Crippen molar-refractivity contribution in [2.45, 2.75) is 16.1 Å². The predicted octanol–water partition coefficient (Wildman–Crippen LogP) is 4.90. The Morgan fingerprint density at radius 3 is 2.39 bits per heavy atom. The summed E-state index contributed by atoms with van der Waals surface area (Å²) >= 11 is 2.39. The number of Topliss-reactive ketones (excluding diaryl/α,β-unsaturated/α-hetero) is 1. The Labute approximate surface area is 222 Å². The first-order chi connectivity index (χ1) is 18.3. The third-order valence-corrected chi connectivity index (χ3v) is 7.82. The minimum atomic E-state index is -1.10. The van der Waals surface area contributed by atoms with Gasteiger partial charge in [-0.3, -0.25) is 29.6 Å². The number of nitro benzene ring substituents is 1. The third kappa shape index (κ3) is 4.88. The highest BCUT2D eigenvalue weighted by Crippen LogP contribution is 2.44. The van der Waals surface area contributed by atoms with E-state index in [4.69, 9.17) is 0 Å². The van der Waals surface area contributed by atoms with Crippen molar-refractivity contribution in [1.82, 2.24) is 15.2 Å². The van der Waals surface area contributed by atoms with E-state index in [0.717, 1.165) is 21.8 Å². The number of hydrogen-bond donors (Lipinski definition) is 1. The van der Waals surface area contributed by atoms with Crippen LogP contribution < -0.4 is 4.90 Å². The highest BCUT2D eigenvalue weighted by Gasteiger charge is 2.48. The molecule has 2 aromatic carbocycles. The number of benzene rings is 2. The van der Waals surface area contributed by atoms with Gasteiger partial charge in [-0.2, -0.15) is 0 Å². The van der Waals surface area contributed by atoms with Crippen LogP contribution in [0.5, 0.6) is 0 Å². The number of carbonyl (C=O) groups excluding carboxylic acids is 2. The molecular formula is C25H16FN5O5S2. The zero-order valence-corrected chi connectivity index (χ0v) is 20.9. The minimum Gasteiger partial charge on any atom is -0.507 e. The van der Waals surface area contributed by atoms with Crippen LogP contribution in [0.25, 0.3) is 5.76 Å². The van der Waals surface area contributed by atoms with Crippen LogP contribution in [0.4, 0.5) is 15.2 Å². The van der Waals surface area contributed by atoms with Crippen molar-refractivity contribution in [2.24, 2.45) is 0 Å². The molecule has 1 aliphatic rings. The molecule has 0 bridgehead atoms. The number of aliphatic hydroxyl groups excluding tert-OH is 1. The molecule has 4 aromatic rings. The van der Waals surface area contributed by atoms with E-state index in [1.54, 1.807) is 12.1 Å². The van der Waals surface area contributed by atoms with E-state index in [9.17, 15) is 29.2 Å². The first-order valence-electron chi connectivity index (χ1n) is 11.0. The topological polar surface area (TPSA) is 139 Å². The van der Waals surface area contributed by atoms with E-state index in [2.05, 4.69) is 15.2 Å². The number of amides is 1. The van der Waals surface area contributed by atoms with Gasteiger partial charge in [0.25, 0.3) is 11.5 Å². The van der Waals surface area contributed by atoms with Gasteiger partial charge in [0.15, 0.2) is 4.34 Å². The van der Waals surface area contributed by atoms with Gasteiger partial charge in [-0.15, -0.1) is 10.2 Å². The Hall–Kier alpha value is -4.49. The number of non-ortho nitro benzene ring substituents is 1. The molecule has 0 spiro atoms. The number of nitro groups is 1. The van der Waals surface area contributed by atoms with Crippen LogP contribution in [0.2, 0.25) is 0 Å². The smallest absolute Gasteiger partial charge is 0.301 e. The normalized spacial score (nSPS) is 16.7. The lowest BCUT2D eigenvalue weighted by Crippen LogP contribution is -2.29. The number of ketones is 1. The van der Waals surface area contributed by atoms with Crippen molar-refractivity contribution in [3.05, 3.63) is 111 Å². The number of carbonyl (C=O) groups is 2. The summed E-state index contributed by atoms with van der Waals surface area (Å²) in [4.78, 5) is 42.1. The fourth-order valence-corrected chi connectivity index (χ4v) is 5.70. The average molecular weight is 550 g/mol. The van der Waals surface area contributed by atoms with E-state index >= 15 is 0 Å². The maximum atomic E-state index is 13.2. The Bertz CT molecular complexity index is 1560. The van der Waals surface area contributed by atoms with Crippen LogP contribution in [-0.4, -0.2) is 36.9 Å². The molecule has 0 saturated carbocycles. The SMILES string of the molecule is O=C1C(=O)N(c2nnc(SCc3ccc(F)cc3)s2)C(c2ccc([N+](=O)[O-])cc2)C1=C(O)c1ccncc1. The summed E-state index contributed by atoms with van der Waals surface area (Å²) in [6.45, 7) is 0. The Kier molecular flexibility index (Phi) is 6.94. The molecule has 1 atom stereocenters. The Balaban J connectivity index is 1.53. The van der Waals surface area contributed by atoms with E-state index in [-0.39, 0.29) is 27.8 Å². The highest BCUT2D eigenvalue weighted by molar-refractivity contribution is 8.00. The average Bonchev–Trinajstić information content (AvgIpc) is 3.50. The van der Waals surface area contributed by atoms with Crippen molar-refractivity contribution in [1.29, 1.82) is 0 Å². The first-order valence-corrected chi connectivity index (χ1v) is 12.8. The first kappa shape index (κ1) is 25.2. The van der Waals surface area contributed by atoms with Crippen LogP contribution in [0.3, 0.4) is 0 Å². The third-order valence-electron chi connectivity index (χ3n) is 5.70. The van der Waals surface area contributed by atoms with Gasteiger partial charge in [-0.05, 0) is 47.5 Å². The van der Waals surface area contributed by atoms with Gasteiger partial charge in [0.05, 0.1) is 16.5 Å². The molecule has 1 saturated heterocycles. The molecule has 38 heavy (non-hydrogen) atoms. The van der Waals surface area contributed by atoms with Crippen LogP contribution in [0, 0.1) is 15.9 Å². The highest BCUT2D eigenvalue weighted by atomic mass is 32.2. The predicted molar refractivity (Wildman–Crippen MR) is 138 cm³/mol. The van der Waals surface area contributed by atoms with Crippen LogP contribution in [-0.2, 0) is 15.3 Å². The summed E-state index contributed by atoms with van der Waals surface area (Å²) in [5, 5.41) is 30.6. The second-order valence-corrected chi connectivity index (χ2v) is 10.2. The fourth-order valence-electron chi connectivity index (χ4n) is 3.87. The number of pyridine rings is 1. The molecule has 1 unspecified atom stereocenters. The summed E-state index contributed by atoms with van der Waals surface area (Å²) in [5.41, 5.74) is 1.14. The maximum absolute atomic E-state index is 13.2. The number of halogens is 1. The van der Waals surface area contributed by atoms with Gasteiger partial charge in [-0.25, -0.2) is 4.39 Å². The zero-order chi connectivity index (χ0) is 26.8. The van der Waals surface area contributed by atoms with Gasteiger partial charge >= 0.3 is 5.91 Å². The van der Waals surface area contributed by atoms with Crippen molar-refractivity contribution >= 4 is 51.4 Å². The zero-order valence-electron chi connectivity index (χ0n) is 19.2. The molecule has 3 heterocycles. The summed E-state index contributed by atoms with van der Waals surface area (Å²) < 4.78 is 13.7. The lowest BCUT2D eigenvalue weighted by Gasteiger charge is -2.22. The van der Waals surface area contributed by atoms with Gasteiger partial charge in [0.1, 0.15) is 11.6 Å². The standard InChI is InChI=1S/C25H16FN5O5S2/c26-17-5-1-14(2-6-17)13-37-25-29-28-24(38-25)30-20(15-3-7-18(8-4-15)31(35)36)19(22(33)23(30)34)21(32)16-9-11-27-12-10-16/h1-12,20,32H,13H2. The molecule has 1 fully saturated rings. The molecule has 10 nitrogen and oxygen atoms in total. The van der Waals surface area contributed by atoms with Gasteiger partial charge in [0, 0.05) is 35.8 Å². The molecular weight excluding hydrogens is 533 g/mol. The van der Waals surface area contributed by atoms with Crippen molar-refractivity contribution in [2.75, 3.05) is 4.90 Å². The van der Waals surface area contributed by atoms with E-state index in [1.165, 1.54) is 72.7 Å². The summed E-state index contributed by atoms with van der Waals surface area (Å²) in [7, 11) is 0. The van der Waals surface area contributed by atoms with E-state index < -0.39 is 28.4 Å². The second kappa shape index (κ2) is 10.5. The summed E-state index contributed by atoms with van der Waals surface area (Å²) in [6.07, 6.45) is 2.86. The van der Waals surface area contributed by atoms with Crippen molar-refractivity contribution in [3.63, 3.8) is 0 Å². The van der Waals surface area contributed by atoms with Crippen LogP contribution >= 0.6 is 23.1 Å². The van der Waals surface area contributed by atoms with Crippen LogP contribution in [0.1, 0.15) is 22.7 Å². The van der Waals surface area contributed by atoms with E-state index in [1.807, 2.05) is 0 Å². The molecule has 5 rings (SSSR count).